The molecule has 18 heavy (non-hydrogen) atoms. The first kappa shape index (κ1) is 15.0. The van der Waals surface area contributed by atoms with E-state index in [1.807, 2.05) is 0 Å². The predicted octanol–water partition coefficient (Wildman–Crippen LogP) is 3.52. The SMILES string of the molecule is Cc1ccc(C(=O)NCC(Cl)CC(C)C)c(F)c1. The third-order valence-corrected chi connectivity index (χ3v) is 2.91. The lowest BCUT2D eigenvalue weighted by molar-refractivity contribution is 0.0949. The number of carbonyl (C=O) groups excluding carboxylic acids is 1. The second-order valence-corrected chi connectivity index (χ2v) is 5.54. The standard InChI is InChI=1S/C14H19ClFNO/c1-9(2)6-11(15)8-17-14(18)12-5-4-10(3)7-13(12)16/h4-5,7,9,11H,6,8H2,1-3H3,(H,17,18). The van der Waals surface area contributed by atoms with Gasteiger partial charge in [-0.1, -0.05) is 19.9 Å². The van der Waals surface area contributed by atoms with Gasteiger partial charge in [0.2, 0.25) is 0 Å². The highest BCUT2D eigenvalue weighted by molar-refractivity contribution is 6.20. The summed E-state index contributed by atoms with van der Waals surface area (Å²) in [7, 11) is 0. The molecule has 1 unspecified atom stereocenters. The van der Waals surface area contributed by atoms with Gasteiger partial charge in [0, 0.05) is 6.54 Å². The molecule has 0 bridgehead atoms. The van der Waals surface area contributed by atoms with Gasteiger partial charge in [0.15, 0.2) is 0 Å². The smallest absolute Gasteiger partial charge is 0.254 e. The Hall–Kier alpha value is -1.09. The highest BCUT2D eigenvalue weighted by atomic mass is 35.5. The van der Waals surface area contributed by atoms with Crippen molar-refractivity contribution in [3.8, 4) is 0 Å². The van der Waals surface area contributed by atoms with Gasteiger partial charge in [-0.3, -0.25) is 4.79 Å². The normalized spacial score (nSPS) is 12.6. The van der Waals surface area contributed by atoms with Gasteiger partial charge in [-0.25, -0.2) is 4.39 Å². The zero-order valence-electron chi connectivity index (χ0n) is 11.0. The second kappa shape index (κ2) is 6.74. The molecule has 100 valence electrons. The maximum absolute atomic E-state index is 13.5. The van der Waals surface area contributed by atoms with Gasteiger partial charge in [-0.2, -0.15) is 0 Å². The van der Waals surface area contributed by atoms with E-state index in [1.165, 1.54) is 12.1 Å². The van der Waals surface area contributed by atoms with Crippen LogP contribution in [0, 0.1) is 18.7 Å². The fraction of sp³-hybridized carbons (Fsp3) is 0.500. The van der Waals surface area contributed by atoms with Crippen LogP contribution in [0.1, 0.15) is 36.2 Å². The van der Waals surface area contributed by atoms with E-state index in [1.54, 1.807) is 13.0 Å². The molecule has 4 heteroatoms. The number of carbonyl (C=O) groups is 1. The average molecular weight is 272 g/mol. The van der Waals surface area contributed by atoms with Gasteiger partial charge < -0.3 is 5.32 Å². The Labute approximate surface area is 113 Å². The Bertz CT molecular complexity index is 420. The number of hydrogen-bond acceptors (Lipinski definition) is 1. The first-order valence-corrected chi connectivity index (χ1v) is 6.52. The molecule has 1 aromatic rings. The van der Waals surface area contributed by atoms with Crippen molar-refractivity contribution < 1.29 is 9.18 Å². The average Bonchev–Trinajstić information content (AvgIpc) is 2.25. The van der Waals surface area contributed by atoms with Crippen LogP contribution in [0.5, 0.6) is 0 Å². The van der Waals surface area contributed by atoms with Gasteiger partial charge in [-0.05, 0) is 37.0 Å². The van der Waals surface area contributed by atoms with Crippen molar-refractivity contribution >= 4 is 17.5 Å². The fourth-order valence-corrected chi connectivity index (χ4v) is 2.13. The minimum absolute atomic E-state index is 0.0639. The number of rotatable bonds is 5. The van der Waals surface area contributed by atoms with E-state index in [-0.39, 0.29) is 10.9 Å². The van der Waals surface area contributed by atoms with Crippen LogP contribution in [0.25, 0.3) is 0 Å². The highest BCUT2D eigenvalue weighted by Gasteiger charge is 2.13. The molecule has 1 N–H and O–H groups in total. The van der Waals surface area contributed by atoms with Gasteiger partial charge in [0.05, 0.1) is 10.9 Å². The van der Waals surface area contributed by atoms with Crippen molar-refractivity contribution in [2.24, 2.45) is 5.92 Å². The van der Waals surface area contributed by atoms with E-state index in [2.05, 4.69) is 19.2 Å². The highest BCUT2D eigenvalue weighted by Crippen LogP contribution is 2.12. The lowest BCUT2D eigenvalue weighted by atomic mass is 10.1. The second-order valence-electron chi connectivity index (χ2n) is 4.92. The number of benzene rings is 1. The van der Waals surface area contributed by atoms with E-state index in [4.69, 9.17) is 11.6 Å². The summed E-state index contributed by atoms with van der Waals surface area (Å²) in [6, 6.07) is 4.55. The minimum Gasteiger partial charge on any atom is -0.350 e. The molecule has 2 nitrogen and oxygen atoms in total. The molecule has 0 heterocycles. The number of amides is 1. The van der Waals surface area contributed by atoms with Crippen LogP contribution < -0.4 is 5.32 Å². The third kappa shape index (κ3) is 4.65. The van der Waals surface area contributed by atoms with Crippen molar-refractivity contribution in [2.75, 3.05) is 6.54 Å². The zero-order chi connectivity index (χ0) is 13.7. The molecule has 0 saturated heterocycles. The Morgan fingerprint density at radius 2 is 2.11 bits per heavy atom. The fourth-order valence-electron chi connectivity index (χ4n) is 1.70. The Balaban J connectivity index is 2.55. The minimum atomic E-state index is -0.498. The Morgan fingerprint density at radius 3 is 2.67 bits per heavy atom. The van der Waals surface area contributed by atoms with E-state index in [9.17, 15) is 9.18 Å². The molecular formula is C14H19ClFNO. The van der Waals surface area contributed by atoms with E-state index in [0.29, 0.717) is 12.5 Å². The van der Waals surface area contributed by atoms with Gasteiger partial charge in [-0.15, -0.1) is 11.6 Å². The van der Waals surface area contributed by atoms with E-state index < -0.39 is 11.7 Å². The topological polar surface area (TPSA) is 29.1 Å². The van der Waals surface area contributed by atoms with Crippen molar-refractivity contribution in [1.29, 1.82) is 0 Å². The van der Waals surface area contributed by atoms with Crippen molar-refractivity contribution in [1.82, 2.24) is 5.32 Å². The van der Waals surface area contributed by atoms with Crippen molar-refractivity contribution in [3.63, 3.8) is 0 Å². The number of alkyl halides is 1. The zero-order valence-corrected chi connectivity index (χ0v) is 11.7. The first-order chi connectivity index (χ1) is 8.40. The monoisotopic (exact) mass is 271 g/mol. The molecule has 0 spiro atoms. The lowest BCUT2D eigenvalue weighted by Gasteiger charge is -2.13. The molecule has 0 aliphatic heterocycles. The maximum Gasteiger partial charge on any atom is 0.254 e. The molecule has 1 rings (SSSR count). The van der Waals surface area contributed by atoms with Crippen LogP contribution in [0.2, 0.25) is 0 Å². The van der Waals surface area contributed by atoms with Crippen LogP contribution in [0.3, 0.4) is 0 Å². The predicted molar refractivity (Wildman–Crippen MR) is 72.6 cm³/mol. The lowest BCUT2D eigenvalue weighted by Crippen LogP contribution is -2.31. The summed E-state index contributed by atoms with van der Waals surface area (Å²) in [5.74, 6) is -0.440. The Kier molecular flexibility index (Phi) is 5.60. The number of nitrogens with one attached hydrogen (secondary N) is 1. The molecule has 1 aromatic carbocycles. The van der Waals surface area contributed by atoms with Crippen molar-refractivity contribution in [3.05, 3.63) is 35.1 Å². The molecule has 1 atom stereocenters. The van der Waals surface area contributed by atoms with E-state index in [0.717, 1.165) is 12.0 Å². The van der Waals surface area contributed by atoms with Crippen molar-refractivity contribution in [2.45, 2.75) is 32.6 Å². The third-order valence-electron chi connectivity index (χ3n) is 2.58. The quantitative estimate of drug-likeness (QED) is 0.816. The summed E-state index contributed by atoms with van der Waals surface area (Å²) < 4.78 is 13.5. The molecule has 0 aromatic heterocycles. The van der Waals surface area contributed by atoms with Gasteiger partial charge >= 0.3 is 0 Å². The molecular weight excluding hydrogens is 253 g/mol. The number of hydrogen-bond donors (Lipinski definition) is 1. The molecule has 1 amide bonds. The molecule has 0 aliphatic carbocycles. The summed E-state index contributed by atoms with van der Waals surface area (Å²) >= 11 is 6.06. The van der Waals surface area contributed by atoms with Crippen LogP contribution in [0.15, 0.2) is 18.2 Å². The first-order valence-electron chi connectivity index (χ1n) is 6.08. The summed E-state index contributed by atoms with van der Waals surface area (Å²) in [4.78, 5) is 11.8. The van der Waals surface area contributed by atoms with E-state index >= 15 is 0 Å². The summed E-state index contributed by atoms with van der Waals surface area (Å²) in [6.45, 7) is 6.27. The molecule has 0 saturated carbocycles. The Morgan fingerprint density at radius 1 is 1.44 bits per heavy atom. The molecule has 0 aliphatic rings. The van der Waals surface area contributed by atoms with Gasteiger partial charge in [0.1, 0.15) is 5.82 Å². The number of aryl methyl sites for hydroxylation is 1. The maximum atomic E-state index is 13.5. The van der Waals surface area contributed by atoms with Crippen LogP contribution in [-0.2, 0) is 0 Å². The largest absolute Gasteiger partial charge is 0.350 e. The number of halogens is 2. The summed E-state index contributed by atoms with van der Waals surface area (Å²) in [5, 5.41) is 2.53. The molecule has 0 radical (unpaired) electrons. The van der Waals surface area contributed by atoms with Crippen LogP contribution in [-0.4, -0.2) is 17.8 Å². The van der Waals surface area contributed by atoms with Crippen LogP contribution >= 0.6 is 11.6 Å². The molecule has 0 fully saturated rings. The van der Waals surface area contributed by atoms with Gasteiger partial charge in [0.25, 0.3) is 5.91 Å². The van der Waals surface area contributed by atoms with Crippen LogP contribution in [0.4, 0.5) is 4.39 Å². The summed E-state index contributed by atoms with van der Waals surface area (Å²) in [5.41, 5.74) is 0.855. The summed E-state index contributed by atoms with van der Waals surface area (Å²) in [6.07, 6.45) is 0.818.